The zero-order valence-electron chi connectivity index (χ0n) is 18.6. The van der Waals surface area contributed by atoms with Gasteiger partial charge in [-0.1, -0.05) is 42.5 Å². The van der Waals surface area contributed by atoms with E-state index in [9.17, 15) is 4.79 Å². The fourth-order valence-electron chi connectivity index (χ4n) is 4.67. The van der Waals surface area contributed by atoms with Crippen LogP contribution in [-0.2, 0) is 6.42 Å². The molecule has 162 valence electrons. The minimum atomic E-state index is -0.206. The molecule has 2 heterocycles. The number of nitrogens with zero attached hydrogens (tertiary/aromatic N) is 1. The number of methoxy groups -OCH3 is 1. The highest BCUT2D eigenvalue weighted by Gasteiger charge is 2.34. The fourth-order valence-corrected chi connectivity index (χ4v) is 4.67. The number of hydrogen-bond acceptors (Lipinski definition) is 2. The Hall–Kier alpha value is -3.73. The molecule has 1 atom stereocenters. The molecule has 0 aliphatic carbocycles. The van der Waals surface area contributed by atoms with Crippen LogP contribution in [0.1, 0.15) is 34.0 Å². The van der Waals surface area contributed by atoms with Crippen molar-refractivity contribution in [2.75, 3.05) is 19.0 Å². The van der Waals surface area contributed by atoms with Crippen LogP contribution in [0.4, 0.5) is 10.5 Å². The lowest BCUT2D eigenvalue weighted by molar-refractivity contribution is 0.193. The first kappa shape index (κ1) is 20.2. The molecular weight excluding hydrogens is 398 g/mol. The van der Waals surface area contributed by atoms with E-state index in [1.165, 1.54) is 10.9 Å². The van der Waals surface area contributed by atoms with Crippen molar-refractivity contribution in [2.45, 2.75) is 26.3 Å². The number of carbonyl (C=O) groups excluding carboxylic acids is 1. The van der Waals surface area contributed by atoms with Gasteiger partial charge in [0, 0.05) is 28.8 Å². The number of nitrogens with one attached hydrogen (secondary N) is 2. The molecule has 5 rings (SSSR count). The van der Waals surface area contributed by atoms with Gasteiger partial charge in [0.25, 0.3) is 0 Å². The number of benzene rings is 3. The number of rotatable bonds is 3. The molecule has 0 radical (unpaired) electrons. The number of hydrogen-bond donors (Lipinski definition) is 2. The van der Waals surface area contributed by atoms with Gasteiger partial charge in [0.1, 0.15) is 5.75 Å². The zero-order chi connectivity index (χ0) is 22.2. The summed E-state index contributed by atoms with van der Waals surface area (Å²) >= 11 is 0. The van der Waals surface area contributed by atoms with Crippen molar-refractivity contribution < 1.29 is 9.53 Å². The van der Waals surface area contributed by atoms with Crippen LogP contribution in [0.3, 0.4) is 0 Å². The number of aromatic amines is 1. The van der Waals surface area contributed by atoms with E-state index in [0.717, 1.165) is 45.8 Å². The average Bonchev–Trinajstić information content (AvgIpc) is 3.20. The number of aryl methyl sites for hydroxylation is 1. The summed E-state index contributed by atoms with van der Waals surface area (Å²) in [7, 11) is 1.66. The summed E-state index contributed by atoms with van der Waals surface area (Å²) < 4.78 is 5.35. The van der Waals surface area contributed by atoms with Crippen molar-refractivity contribution in [3.8, 4) is 5.75 Å². The third-order valence-corrected chi connectivity index (χ3v) is 6.57. The molecule has 0 spiro atoms. The van der Waals surface area contributed by atoms with Gasteiger partial charge in [0.05, 0.1) is 13.2 Å². The minimum Gasteiger partial charge on any atom is -0.497 e. The standard InChI is InChI=1S/C27H27N3O2/c1-17-7-6-10-23(18(17)2)29-27(31)30-16-15-22-21-8-4-5-9-24(21)28-25(22)26(30)19-11-13-20(32-3)14-12-19/h4-14,26,28H,15-16H2,1-3H3,(H,29,31). The predicted octanol–water partition coefficient (Wildman–Crippen LogP) is 5.97. The highest BCUT2D eigenvalue weighted by Crippen LogP contribution is 2.39. The van der Waals surface area contributed by atoms with Crippen molar-refractivity contribution in [3.63, 3.8) is 0 Å². The smallest absolute Gasteiger partial charge is 0.322 e. The summed E-state index contributed by atoms with van der Waals surface area (Å²) in [5, 5.41) is 4.39. The molecule has 1 unspecified atom stereocenters. The maximum absolute atomic E-state index is 13.5. The van der Waals surface area contributed by atoms with E-state index < -0.39 is 0 Å². The van der Waals surface area contributed by atoms with Gasteiger partial charge in [-0.3, -0.25) is 0 Å². The van der Waals surface area contributed by atoms with E-state index in [1.54, 1.807) is 7.11 Å². The van der Waals surface area contributed by atoms with Crippen LogP contribution < -0.4 is 10.1 Å². The summed E-state index contributed by atoms with van der Waals surface area (Å²) in [6, 6.07) is 22.0. The van der Waals surface area contributed by atoms with Crippen molar-refractivity contribution in [1.29, 1.82) is 0 Å². The Bertz CT molecular complexity index is 1290. The molecule has 5 nitrogen and oxygen atoms in total. The number of carbonyl (C=O) groups is 1. The maximum Gasteiger partial charge on any atom is 0.322 e. The number of fused-ring (bicyclic) bond motifs is 3. The lowest BCUT2D eigenvalue weighted by Crippen LogP contribution is -2.43. The van der Waals surface area contributed by atoms with Crippen molar-refractivity contribution in [3.05, 3.63) is 94.7 Å². The van der Waals surface area contributed by atoms with E-state index in [0.29, 0.717) is 6.54 Å². The SMILES string of the molecule is COc1ccc(C2c3[nH]c4ccccc4c3CCN2C(=O)Nc2cccc(C)c2C)cc1. The molecule has 1 aromatic heterocycles. The fraction of sp³-hybridized carbons (Fsp3) is 0.222. The first-order chi connectivity index (χ1) is 15.6. The Morgan fingerprint density at radius 1 is 1.03 bits per heavy atom. The van der Waals surface area contributed by atoms with E-state index in [4.69, 9.17) is 4.74 Å². The van der Waals surface area contributed by atoms with Gasteiger partial charge in [0.2, 0.25) is 0 Å². The Balaban J connectivity index is 1.57. The lowest BCUT2D eigenvalue weighted by atomic mass is 9.92. The van der Waals surface area contributed by atoms with Crippen LogP contribution in [0, 0.1) is 13.8 Å². The number of para-hydroxylation sites is 1. The Labute approximate surface area is 188 Å². The molecule has 0 saturated heterocycles. The largest absolute Gasteiger partial charge is 0.497 e. The predicted molar refractivity (Wildman–Crippen MR) is 128 cm³/mol. The van der Waals surface area contributed by atoms with Gasteiger partial charge >= 0.3 is 6.03 Å². The molecule has 0 bridgehead atoms. The third kappa shape index (κ3) is 3.40. The summed E-state index contributed by atoms with van der Waals surface area (Å²) in [6.45, 7) is 4.74. The number of urea groups is 1. The molecule has 2 N–H and O–H groups in total. The molecule has 32 heavy (non-hydrogen) atoms. The second-order valence-electron chi connectivity index (χ2n) is 8.36. The lowest BCUT2D eigenvalue weighted by Gasteiger charge is -2.36. The Morgan fingerprint density at radius 3 is 2.59 bits per heavy atom. The van der Waals surface area contributed by atoms with Gasteiger partial charge in [-0.15, -0.1) is 0 Å². The summed E-state index contributed by atoms with van der Waals surface area (Å²) in [5.74, 6) is 0.799. The van der Waals surface area contributed by atoms with E-state index in [-0.39, 0.29) is 12.1 Å². The molecule has 1 aliphatic rings. The molecule has 4 aromatic rings. The van der Waals surface area contributed by atoms with Crippen molar-refractivity contribution in [1.82, 2.24) is 9.88 Å². The van der Waals surface area contributed by atoms with E-state index in [1.807, 2.05) is 54.3 Å². The summed E-state index contributed by atoms with van der Waals surface area (Å²) in [6.07, 6.45) is 0.812. The molecular formula is C27H27N3O2. The van der Waals surface area contributed by atoms with Crippen molar-refractivity contribution >= 4 is 22.6 Å². The van der Waals surface area contributed by atoms with Gasteiger partial charge < -0.3 is 19.9 Å². The summed E-state index contributed by atoms with van der Waals surface area (Å²) in [4.78, 5) is 19.1. The zero-order valence-corrected chi connectivity index (χ0v) is 18.6. The second kappa shape index (κ2) is 8.08. The third-order valence-electron chi connectivity index (χ3n) is 6.57. The molecule has 2 amide bonds. The first-order valence-corrected chi connectivity index (χ1v) is 10.9. The Morgan fingerprint density at radius 2 is 1.81 bits per heavy atom. The van der Waals surface area contributed by atoms with Crippen LogP contribution in [0.25, 0.3) is 10.9 Å². The highest BCUT2D eigenvalue weighted by molar-refractivity contribution is 5.92. The molecule has 1 aliphatic heterocycles. The normalized spacial score (nSPS) is 15.5. The molecule has 3 aromatic carbocycles. The topological polar surface area (TPSA) is 57.4 Å². The monoisotopic (exact) mass is 425 g/mol. The number of anilines is 1. The van der Waals surface area contributed by atoms with Crippen LogP contribution >= 0.6 is 0 Å². The quantitative estimate of drug-likeness (QED) is 0.425. The maximum atomic E-state index is 13.5. The van der Waals surface area contributed by atoms with E-state index >= 15 is 0 Å². The molecule has 0 fully saturated rings. The molecule has 0 saturated carbocycles. The van der Waals surface area contributed by atoms with Crippen LogP contribution in [0.2, 0.25) is 0 Å². The van der Waals surface area contributed by atoms with Gasteiger partial charge in [-0.05, 0) is 66.8 Å². The average molecular weight is 426 g/mol. The first-order valence-electron chi connectivity index (χ1n) is 10.9. The van der Waals surface area contributed by atoms with Gasteiger partial charge in [-0.25, -0.2) is 4.79 Å². The second-order valence-corrected chi connectivity index (χ2v) is 8.36. The van der Waals surface area contributed by atoms with Gasteiger partial charge in [0.15, 0.2) is 0 Å². The van der Waals surface area contributed by atoms with Crippen molar-refractivity contribution in [2.24, 2.45) is 0 Å². The van der Waals surface area contributed by atoms with Gasteiger partial charge in [-0.2, -0.15) is 0 Å². The van der Waals surface area contributed by atoms with Crippen LogP contribution in [0.15, 0.2) is 66.7 Å². The Kier molecular flexibility index (Phi) is 5.10. The summed E-state index contributed by atoms with van der Waals surface area (Å²) in [5.41, 5.74) is 7.63. The minimum absolute atomic E-state index is 0.0937. The van der Waals surface area contributed by atoms with Crippen LogP contribution in [-0.4, -0.2) is 29.6 Å². The molecule has 5 heteroatoms. The number of ether oxygens (including phenoxy) is 1. The highest BCUT2D eigenvalue weighted by atomic mass is 16.5. The number of H-pyrrole nitrogens is 1. The number of aromatic nitrogens is 1. The number of amides is 2. The van der Waals surface area contributed by atoms with E-state index in [2.05, 4.69) is 41.5 Å². The van der Waals surface area contributed by atoms with Crippen LogP contribution in [0.5, 0.6) is 5.75 Å².